The molecule has 0 aliphatic heterocycles. The van der Waals surface area contributed by atoms with E-state index in [1.807, 2.05) is 74.8 Å². The summed E-state index contributed by atoms with van der Waals surface area (Å²) in [4.78, 5) is 14.2. The summed E-state index contributed by atoms with van der Waals surface area (Å²) in [5.41, 5.74) is 2.76. The Morgan fingerprint density at radius 2 is 1.73 bits per heavy atom. The van der Waals surface area contributed by atoms with Gasteiger partial charge in [0.05, 0.1) is 0 Å². The van der Waals surface area contributed by atoms with Crippen LogP contribution in [0.15, 0.2) is 60.7 Å². The van der Waals surface area contributed by atoms with Gasteiger partial charge in [0, 0.05) is 24.3 Å². The fourth-order valence-corrected chi connectivity index (χ4v) is 2.01. The minimum atomic E-state index is 0.0173. The van der Waals surface area contributed by atoms with Crippen LogP contribution in [0, 0.1) is 0 Å². The van der Waals surface area contributed by atoms with Crippen LogP contribution in [0.1, 0.15) is 15.9 Å². The van der Waals surface area contributed by atoms with Gasteiger partial charge in [-0.3, -0.25) is 4.79 Å². The molecule has 0 spiro atoms. The highest BCUT2D eigenvalue weighted by Crippen LogP contribution is 2.11. The van der Waals surface area contributed by atoms with Gasteiger partial charge in [-0.2, -0.15) is 0 Å². The van der Waals surface area contributed by atoms with E-state index in [1.165, 1.54) is 0 Å². The highest BCUT2D eigenvalue weighted by atomic mass is 16.1. The molecule has 3 nitrogen and oxygen atoms in total. The summed E-state index contributed by atoms with van der Waals surface area (Å²) in [7, 11) is 4.09. The number of rotatable bonds is 7. The largest absolute Gasteiger partial charge is 0.384 e. The minimum Gasteiger partial charge on any atom is -0.384 e. The van der Waals surface area contributed by atoms with Crippen LogP contribution in [0.3, 0.4) is 0 Å². The lowest BCUT2D eigenvalue weighted by molar-refractivity contribution is 0.104. The summed E-state index contributed by atoms with van der Waals surface area (Å²) in [6.07, 6.45) is 3.45. The smallest absolute Gasteiger partial charge is 0.185 e. The van der Waals surface area contributed by atoms with Gasteiger partial charge in [-0.1, -0.05) is 36.4 Å². The van der Waals surface area contributed by atoms with Crippen LogP contribution in [0.25, 0.3) is 6.08 Å². The molecule has 1 N–H and O–H groups in total. The van der Waals surface area contributed by atoms with E-state index in [2.05, 4.69) is 10.2 Å². The Kier molecular flexibility index (Phi) is 5.92. The average molecular weight is 294 g/mol. The molecule has 0 atom stereocenters. The van der Waals surface area contributed by atoms with Crippen LogP contribution in [0.5, 0.6) is 0 Å². The lowest BCUT2D eigenvalue weighted by atomic mass is 10.1. The van der Waals surface area contributed by atoms with Crippen molar-refractivity contribution in [3.8, 4) is 0 Å². The highest BCUT2D eigenvalue weighted by Gasteiger charge is 2.01. The summed E-state index contributed by atoms with van der Waals surface area (Å²) in [5, 5.41) is 3.33. The summed E-state index contributed by atoms with van der Waals surface area (Å²) >= 11 is 0. The van der Waals surface area contributed by atoms with E-state index in [4.69, 9.17) is 0 Å². The number of benzene rings is 2. The first kappa shape index (κ1) is 16.0. The average Bonchev–Trinajstić information content (AvgIpc) is 2.54. The summed E-state index contributed by atoms with van der Waals surface area (Å²) < 4.78 is 0. The third-order valence-corrected chi connectivity index (χ3v) is 3.28. The van der Waals surface area contributed by atoms with Gasteiger partial charge in [0.2, 0.25) is 0 Å². The van der Waals surface area contributed by atoms with E-state index < -0.39 is 0 Å². The molecule has 22 heavy (non-hydrogen) atoms. The first-order valence-electron chi connectivity index (χ1n) is 7.41. The Morgan fingerprint density at radius 3 is 2.36 bits per heavy atom. The van der Waals surface area contributed by atoms with Gasteiger partial charge in [0.15, 0.2) is 5.78 Å². The normalized spacial score (nSPS) is 11.0. The predicted molar refractivity (Wildman–Crippen MR) is 93.3 cm³/mol. The molecule has 3 heteroatoms. The SMILES string of the molecule is CN(C)CCNc1ccc(C(=O)C=Cc2ccccc2)cc1. The number of nitrogens with one attached hydrogen (secondary N) is 1. The molecule has 0 bridgehead atoms. The Bertz CT molecular complexity index is 616. The van der Waals surface area contributed by atoms with Crippen molar-refractivity contribution in [3.63, 3.8) is 0 Å². The maximum Gasteiger partial charge on any atom is 0.185 e. The fourth-order valence-electron chi connectivity index (χ4n) is 2.01. The quantitative estimate of drug-likeness (QED) is 0.626. The molecule has 0 unspecified atom stereocenters. The summed E-state index contributed by atoms with van der Waals surface area (Å²) in [5.74, 6) is 0.0173. The van der Waals surface area contributed by atoms with Crippen molar-refractivity contribution in [2.24, 2.45) is 0 Å². The molecule has 2 rings (SSSR count). The first-order chi connectivity index (χ1) is 10.6. The van der Waals surface area contributed by atoms with Crippen molar-refractivity contribution < 1.29 is 4.79 Å². The van der Waals surface area contributed by atoms with Crippen LogP contribution in [0.4, 0.5) is 5.69 Å². The number of anilines is 1. The summed E-state index contributed by atoms with van der Waals surface area (Å²) in [6.45, 7) is 1.86. The number of hydrogen-bond acceptors (Lipinski definition) is 3. The van der Waals surface area contributed by atoms with Gasteiger partial charge in [-0.15, -0.1) is 0 Å². The maximum absolute atomic E-state index is 12.1. The van der Waals surface area contributed by atoms with Crippen LogP contribution in [-0.4, -0.2) is 37.9 Å². The topological polar surface area (TPSA) is 32.3 Å². The van der Waals surface area contributed by atoms with E-state index in [1.54, 1.807) is 6.08 Å². The number of hydrogen-bond donors (Lipinski definition) is 1. The molecule has 0 heterocycles. The standard InChI is InChI=1S/C19H22N2O/c1-21(2)15-14-20-18-11-9-17(10-12-18)19(22)13-8-16-6-4-3-5-7-16/h3-13,20H,14-15H2,1-2H3. The second-order valence-electron chi connectivity index (χ2n) is 5.42. The molecule has 0 radical (unpaired) electrons. The van der Waals surface area contributed by atoms with Gasteiger partial charge in [-0.25, -0.2) is 0 Å². The lowest BCUT2D eigenvalue weighted by Gasteiger charge is -2.11. The molecule has 0 aliphatic rings. The molecule has 0 amide bonds. The molecule has 2 aromatic carbocycles. The number of carbonyl (C=O) groups excluding carboxylic acids is 1. The van der Waals surface area contributed by atoms with Crippen LogP contribution < -0.4 is 5.32 Å². The molecule has 0 aromatic heterocycles. The van der Waals surface area contributed by atoms with E-state index in [0.717, 1.165) is 24.3 Å². The van der Waals surface area contributed by atoms with E-state index >= 15 is 0 Å². The lowest BCUT2D eigenvalue weighted by Crippen LogP contribution is -2.20. The van der Waals surface area contributed by atoms with Crippen molar-refractivity contribution in [2.45, 2.75) is 0 Å². The Labute approximate surface area is 132 Å². The van der Waals surface area contributed by atoms with Crippen molar-refractivity contribution in [2.75, 3.05) is 32.5 Å². The number of ketones is 1. The number of carbonyl (C=O) groups is 1. The second-order valence-corrected chi connectivity index (χ2v) is 5.42. The van der Waals surface area contributed by atoms with Gasteiger partial charge < -0.3 is 10.2 Å². The molecule has 0 saturated carbocycles. The zero-order valence-electron chi connectivity index (χ0n) is 13.1. The highest BCUT2D eigenvalue weighted by molar-refractivity contribution is 6.06. The Morgan fingerprint density at radius 1 is 1.05 bits per heavy atom. The van der Waals surface area contributed by atoms with Gasteiger partial charge in [0.25, 0.3) is 0 Å². The molecule has 0 fully saturated rings. The number of likely N-dealkylation sites (N-methyl/N-ethyl adjacent to an activating group) is 1. The molecular weight excluding hydrogens is 272 g/mol. The third kappa shape index (κ3) is 5.19. The molecule has 0 aliphatic carbocycles. The van der Waals surface area contributed by atoms with Crippen molar-refractivity contribution >= 4 is 17.5 Å². The minimum absolute atomic E-state index is 0.0173. The van der Waals surface area contributed by atoms with E-state index in [9.17, 15) is 4.79 Å². The molecule has 0 saturated heterocycles. The Balaban J connectivity index is 1.92. The first-order valence-corrected chi connectivity index (χ1v) is 7.41. The maximum atomic E-state index is 12.1. The number of allylic oxidation sites excluding steroid dienone is 1. The number of nitrogens with zero attached hydrogens (tertiary/aromatic N) is 1. The monoisotopic (exact) mass is 294 g/mol. The summed E-state index contributed by atoms with van der Waals surface area (Å²) in [6, 6.07) is 17.4. The molecule has 2 aromatic rings. The predicted octanol–water partition coefficient (Wildman–Crippen LogP) is 3.56. The fraction of sp³-hybridized carbons (Fsp3) is 0.211. The zero-order valence-corrected chi connectivity index (χ0v) is 13.1. The van der Waals surface area contributed by atoms with Crippen LogP contribution >= 0.6 is 0 Å². The van der Waals surface area contributed by atoms with Gasteiger partial charge >= 0.3 is 0 Å². The molecular formula is C19H22N2O. The second kappa shape index (κ2) is 8.15. The van der Waals surface area contributed by atoms with Crippen molar-refractivity contribution in [3.05, 3.63) is 71.8 Å². The van der Waals surface area contributed by atoms with Crippen LogP contribution in [0.2, 0.25) is 0 Å². The van der Waals surface area contributed by atoms with E-state index in [0.29, 0.717) is 5.56 Å². The zero-order chi connectivity index (χ0) is 15.8. The third-order valence-electron chi connectivity index (χ3n) is 3.28. The van der Waals surface area contributed by atoms with Gasteiger partial charge in [-0.05, 0) is 50.0 Å². The Hall–Kier alpha value is -2.39. The van der Waals surface area contributed by atoms with Crippen molar-refractivity contribution in [1.82, 2.24) is 4.90 Å². The van der Waals surface area contributed by atoms with Crippen molar-refractivity contribution in [1.29, 1.82) is 0 Å². The van der Waals surface area contributed by atoms with E-state index in [-0.39, 0.29) is 5.78 Å². The molecule has 114 valence electrons. The van der Waals surface area contributed by atoms with Gasteiger partial charge in [0.1, 0.15) is 0 Å². The van der Waals surface area contributed by atoms with Crippen LogP contribution in [-0.2, 0) is 0 Å².